The zero-order valence-corrected chi connectivity index (χ0v) is 11.7. The summed E-state index contributed by atoms with van der Waals surface area (Å²) in [6.45, 7) is 1.30. The summed E-state index contributed by atoms with van der Waals surface area (Å²) in [4.78, 5) is 10.4. The summed E-state index contributed by atoms with van der Waals surface area (Å²) in [5.41, 5.74) is -0.562. The van der Waals surface area contributed by atoms with Crippen LogP contribution in [0.3, 0.4) is 0 Å². The Bertz CT molecular complexity index is 600. The Kier molecular flexibility index (Phi) is 5.61. The second-order valence-electron chi connectivity index (χ2n) is 4.21. The Morgan fingerprint density at radius 1 is 1.35 bits per heavy atom. The van der Waals surface area contributed by atoms with Gasteiger partial charge in [-0.2, -0.15) is 0 Å². The van der Waals surface area contributed by atoms with Crippen LogP contribution < -0.4 is 4.72 Å². The number of aliphatic hydroxyl groups excluding tert-OH is 1. The normalized spacial score (nSPS) is 11.6. The maximum atomic E-state index is 13.6. The van der Waals surface area contributed by atoms with Gasteiger partial charge < -0.3 is 10.2 Å². The molecular formula is C12H16FNO5S. The van der Waals surface area contributed by atoms with Gasteiger partial charge in [-0.15, -0.1) is 0 Å². The van der Waals surface area contributed by atoms with Gasteiger partial charge in [-0.1, -0.05) is 0 Å². The van der Waals surface area contributed by atoms with E-state index in [4.69, 9.17) is 10.2 Å². The summed E-state index contributed by atoms with van der Waals surface area (Å²) in [6.07, 6.45) is 0.862. The Hall–Kier alpha value is -1.51. The minimum atomic E-state index is -3.98. The van der Waals surface area contributed by atoms with E-state index >= 15 is 0 Å². The Labute approximate surface area is 116 Å². The first kappa shape index (κ1) is 16.5. The van der Waals surface area contributed by atoms with Crippen LogP contribution in [-0.2, 0) is 10.0 Å². The van der Waals surface area contributed by atoms with Crippen LogP contribution >= 0.6 is 0 Å². The first-order valence-corrected chi connectivity index (χ1v) is 7.42. The Balaban J connectivity index is 3.07. The molecule has 1 aromatic carbocycles. The van der Waals surface area contributed by atoms with E-state index in [-0.39, 0.29) is 23.6 Å². The molecule has 0 amide bonds. The molecule has 0 saturated carbocycles. The highest BCUT2D eigenvalue weighted by molar-refractivity contribution is 7.89. The molecule has 0 atom stereocenters. The van der Waals surface area contributed by atoms with E-state index in [2.05, 4.69) is 4.72 Å². The van der Waals surface area contributed by atoms with Crippen LogP contribution in [0.15, 0.2) is 17.0 Å². The van der Waals surface area contributed by atoms with Crippen molar-refractivity contribution < 1.29 is 27.8 Å². The predicted molar refractivity (Wildman–Crippen MR) is 69.6 cm³/mol. The molecule has 0 aromatic heterocycles. The molecule has 6 nitrogen and oxygen atoms in total. The molecule has 8 heteroatoms. The number of aliphatic hydroxyl groups is 1. The van der Waals surface area contributed by atoms with E-state index in [9.17, 15) is 17.6 Å². The highest BCUT2D eigenvalue weighted by atomic mass is 32.2. The number of hydrogen-bond donors (Lipinski definition) is 3. The number of carbonyl (C=O) groups is 1. The van der Waals surface area contributed by atoms with E-state index in [0.717, 1.165) is 12.1 Å². The zero-order chi connectivity index (χ0) is 15.3. The van der Waals surface area contributed by atoms with Crippen molar-refractivity contribution >= 4 is 16.0 Å². The van der Waals surface area contributed by atoms with Crippen molar-refractivity contribution in [3.05, 3.63) is 29.1 Å². The topological polar surface area (TPSA) is 104 Å². The molecule has 0 aliphatic heterocycles. The van der Waals surface area contributed by atoms with Crippen molar-refractivity contribution in [3.63, 3.8) is 0 Å². The van der Waals surface area contributed by atoms with Crippen molar-refractivity contribution in [1.82, 2.24) is 4.72 Å². The van der Waals surface area contributed by atoms with Gasteiger partial charge in [0.15, 0.2) is 0 Å². The Morgan fingerprint density at radius 2 is 2.00 bits per heavy atom. The smallest absolute Gasteiger partial charge is 0.335 e. The van der Waals surface area contributed by atoms with Crippen LogP contribution in [0.1, 0.15) is 28.8 Å². The van der Waals surface area contributed by atoms with Crippen molar-refractivity contribution in [1.29, 1.82) is 0 Å². The molecule has 0 saturated heterocycles. The summed E-state index contributed by atoms with van der Waals surface area (Å²) >= 11 is 0. The lowest BCUT2D eigenvalue weighted by atomic mass is 10.1. The van der Waals surface area contributed by atoms with Gasteiger partial charge in [0.1, 0.15) is 5.82 Å². The number of aromatic carboxylic acids is 1. The number of carboxylic acid groups (broad SMARTS) is 1. The van der Waals surface area contributed by atoms with Gasteiger partial charge in [0.05, 0.1) is 10.5 Å². The number of benzene rings is 1. The third kappa shape index (κ3) is 3.99. The number of unbranched alkanes of at least 4 members (excludes halogenated alkanes) is 1. The quantitative estimate of drug-likeness (QED) is 0.649. The van der Waals surface area contributed by atoms with Gasteiger partial charge in [0.2, 0.25) is 10.0 Å². The fourth-order valence-corrected chi connectivity index (χ4v) is 2.93. The van der Waals surface area contributed by atoms with E-state index in [0.29, 0.717) is 12.8 Å². The summed E-state index contributed by atoms with van der Waals surface area (Å²) < 4.78 is 39.9. The molecule has 1 rings (SSSR count). The van der Waals surface area contributed by atoms with Crippen molar-refractivity contribution in [2.24, 2.45) is 0 Å². The summed E-state index contributed by atoms with van der Waals surface area (Å²) in [7, 11) is -3.98. The molecule has 0 spiro atoms. The molecule has 112 valence electrons. The molecule has 3 N–H and O–H groups in total. The van der Waals surface area contributed by atoms with Crippen LogP contribution in [0, 0.1) is 12.7 Å². The number of hydrogen-bond acceptors (Lipinski definition) is 4. The van der Waals surface area contributed by atoms with E-state index in [1.807, 2.05) is 0 Å². The zero-order valence-electron chi connectivity index (χ0n) is 10.9. The highest BCUT2D eigenvalue weighted by Crippen LogP contribution is 2.20. The molecule has 0 aliphatic carbocycles. The highest BCUT2D eigenvalue weighted by Gasteiger charge is 2.21. The van der Waals surface area contributed by atoms with Gasteiger partial charge >= 0.3 is 5.97 Å². The average Bonchev–Trinajstić information content (AvgIpc) is 2.37. The standard InChI is InChI=1S/C12H16FNO5S/c1-8-10(13)6-9(12(16)17)7-11(8)20(18,19)14-4-2-3-5-15/h6-7,14-15H,2-5H2,1H3,(H,16,17). The maximum absolute atomic E-state index is 13.6. The molecule has 20 heavy (non-hydrogen) atoms. The van der Waals surface area contributed by atoms with Gasteiger partial charge in [-0.05, 0) is 31.9 Å². The first-order chi connectivity index (χ1) is 9.29. The molecule has 0 fully saturated rings. The minimum absolute atomic E-state index is 0.0517. The van der Waals surface area contributed by atoms with Gasteiger partial charge in [0.25, 0.3) is 0 Å². The summed E-state index contributed by atoms with van der Waals surface area (Å²) in [5.74, 6) is -2.29. The van der Waals surface area contributed by atoms with E-state index in [1.165, 1.54) is 6.92 Å². The summed E-state index contributed by atoms with van der Waals surface area (Å²) in [5, 5.41) is 17.4. The average molecular weight is 305 g/mol. The monoisotopic (exact) mass is 305 g/mol. The number of carboxylic acids is 1. The molecule has 0 heterocycles. The van der Waals surface area contributed by atoms with Crippen LogP contribution in [0.4, 0.5) is 4.39 Å². The molecule has 1 aromatic rings. The van der Waals surface area contributed by atoms with Gasteiger partial charge in [-0.25, -0.2) is 22.3 Å². The SMILES string of the molecule is Cc1c(F)cc(C(=O)O)cc1S(=O)(=O)NCCCCO. The molecule has 0 unspecified atom stereocenters. The predicted octanol–water partition coefficient (Wildman–Crippen LogP) is 0.883. The van der Waals surface area contributed by atoms with Gasteiger partial charge in [-0.3, -0.25) is 0 Å². The van der Waals surface area contributed by atoms with Crippen LogP contribution in [-0.4, -0.2) is 37.8 Å². The fourth-order valence-electron chi connectivity index (χ4n) is 1.58. The van der Waals surface area contributed by atoms with Crippen molar-refractivity contribution in [2.45, 2.75) is 24.7 Å². The lowest BCUT2D eigenvalue weighted by molar-refractivity contribution is 0.0696. The maximum Gasteiger partial charge on any atom is 0.335 e. The lowest BCUT2D eigenvalue weighted by Gasteiger charge is -2.10. The largest absolute Gasteiger partial charge is 0.478 e. The van der Waals surface area contributed by atoms with E-state index < -0.39 is 27.4 Å². The van der Waals surface area contributed by atoms with Crippen molar-refractivity contribution in [2.75, 3.05) is 13.2 Å². The summed E-state index contributed by atoms with van der Waals surface area (Å²) in [6, 6.07) is 1.71. The number of nitrogens with one attached hydrogen (secondary N) is 1. The third-order valence-corrected chi connectivity index (χ3v) is 4.30. The lowest BCUT2D eigenvalue weighted by Crippen LogP contribution is -2.26. The first-order valence-electron chi connectivity index (χ1n) is 5.93. The van der Waals surface area contributed by atoms with Crippen molar-refractivity contribution in [3.8, 4) is 0 Å². The molecule has 0 bridgehead atoms. The van der Waals surface area contributed by atoms with Crippen LogP contribution in [0.25, 0.3) is 0 Å². The van der Waals surface area contributed by atoms with Crippen LogP contribution in [0.5, 0.6) is 0 Å². The van der Waals surface area contributed by atoms with Crippen LogP contribution in [0.2, 0.25) is 0 Å². The minimum Gasteiger partial charge on any atom is -0.478 e. The third-order valence-electron chi connectivity index (χ3n) is 2.71. The second-order valence-corrected chi connectivity index (χ2v) is 5.95. The molecule has 0 aliphatic rings. The number of sulfonamides is 1. The number of halogens is 1. The Morgan fingerprint density at radius 3 is 2.55 bits per heavy atom. The second kappa shape index (κ2) is 6.78. The fraction of sp³-hybridized carbons (Fsp3) is 0.417. The van der Waals surface area contributed by atoms with E-state index in [1.54, 1.807) is 0 Å². The molecular weight excluding hydrogens is 289 g/mol. The molecule has 0 radical (unpaired) electrons. The number of rotatable bonds is 7. The van der Waals surface area contributed by atoms with Gasteiger partial charge in [0, 0.05) is 18.7 Å².